The smallest absolute Gasteiger partial charge is 0.170 e. The van der Waals surface area contributed by atoms with Crippen LogP contribution in [0.3, 0.4) is 0 Å². The highest BCUT2D eigenvalue weighted by atomic mass is 35.5. The van der Waals surface area contributed by atoms with Crippen molar-refractivity contribution in [2.75, 3.05) is 44.7 Å². The zero-order valence-electron chi connectivity index (χ0n) is 12.4. The molecular weight excluding hydrogens is 306 g/mol. The number of nitrogens with one attached hydrogen (secondary N) is 3. The molecule has 3 N–H and O–H groups in total. The Morgan fingerprint density at radius 2 is 2.14 bits per heavy atom. The molecule has 1 heterocycles. The quantitative estimate of drug-likeness (QED) is 0.561. The fourth-order valence-electron chi connectivity index (χ4n) is 2.36. The second kappa shape index (κ2) is 8.54. The van der Waals surface area contributed by atoms with Crippen LogP contribution in [0.4, 0.5) is 5.69 Å². The van der Waals surface area contributed by atoms with Gasteiger partial charge in [0.1, 0.15) is 13.1 Å². The van der Waals surface area contributed by atoms with E-state index in [9.17, 15) is 0 Å². The van der Waals surface area contributed by atoms with Crippen molar-refractivity contribution in [1.29, 1.82) is 0 Å². The molecule has 116 valence electrons. The number of anilines is 1. The van der Waals surface area contributed by atoms with E-state index in [0.717, 1.165) is 62.1 Å². The Kier molecular flexibility index (Phi) is 6.70. The van der Waals surface area contributed by atoms with Crippen LogP contribution >= 0.6 is 23.8 Å². The normalized spacial score (nSPS) is 15.7. The number of quaternary nitrogens is 1. The van der Waals surface area contributed by atoms with Crippen molar-refractivity contribution < 1.29 is 9.64 Å². The topological polar surface area (TPSA) is 37.7 Å². The Morgan fingerprint density at radius 1 is 1.38 bits per heavy atom. The van der Waals surface area contributed by atoms with Gasteiger partial charge in [0.05, 0.1) is 19.8 Å². The van der Waals surface area contributed by atoms with Crippen molar-refractivity contribution in [3.63, 3.8) is 0 Å². The van der Waals surface area contributed by atoms with Crippen LogP contribution in [0.5, 0.6) is 0 Å². The molecule has 0 spiro atoms. The van der Waals surface area contributed by atoms with Crippen LogP contribution in [0.2, 0.25) is 5.02 Å². The third kappa shape index (κ3) is 5.43. The van der Waals surface area contributed by atoms with Gasteiger partial charge in [0.2, 0.25) is 0 Å². The average molecular weight is 329 g/mol. The second-order valence-corrected chi connectivity index (χ2v) is 6.07. The van der Waals surface area contributed by atoms with E-state index in [1.165, 1.54) is 0 Å². The van der Waals surface area contributed by atoms with E-state index in [0.29, 0.717) is 5.11 Å². The van der Waals surface area contributed by atoms with Crippen LogP contribution in [-0.4, -0.2) is 44.5 Å². The summed E-state index contributed by atoms with van der Waals surface area (Å²) in [5.74, 6) is 0. The van der Waals surface area contributed by atoms with Crippen molar-refractivity contribution in [1.82, 2.24) is 5.32 Å². The highest BCUT2D eigenvalue weighted by molar-refractivity contribution is 7.80. The van der Waals surface area contributed by atoms with Crippen molar-refractivity contribution in [3.05, 3.63) is 28.8 Å². The first-order valence-corrected chi connectivity index (χ1v) is 8.16. The van der Waals surface area contributed by atoms with E-state index in [1.807, 2.05) is 25.1 Å². The van der Waals surface area contributed by atoms with E-state index in [-0.39, 0.29) is 0 Å². The van der Waals surface area contributed by atoms with Gasteiger partial charge in [-0.05, 0) is 36.8 Å². The lowest BCUT2D eigenvalue weighted by Gasteiger charge is -2.23. The van der Waals surface area contributed by atoms with Gasteiger partial charge in [0, 0.05) is 23.7 Å². The minimum Gasteiger partial charge on any atom is -0.370 e. The predicted molar refractivity (Wildman–Crippen MR) is 91.4 cm³/mol. The molecule has 0 unspecified atom stereocenters. The summed E-state index contributed by atoms with van der Waals surface area (Å²) >= 11 is 11.4. The monoisotopic (exact) mass is 328 g/mol. The van der Waals surface area contributed by atoms with Crippen molar-refractivity contribution in [3.8, 4) is 0 Å². The SMILES string of the molecule is Cc1c(Cl)cccc1NC(=S)NCCC[NH+]1CCOCC1. The molecule has 0 radical (unpaired) electrons. The molecule has 1 saturated heterocycles. The molecule has 0 aliphatic carbocycles. The first kappa shape index (κ1) is 16.5. The highest BCUT2D eigenvalue weighted by Gasteiger charge is 2.12. The van der Waals surface area contributed by atoms with Gasteiger partial charge < -0.3 is 20.3 Å². The molecule has 1 aliphatic rings. The van der Waals surface area contributed by atoms with E-state index in [2.05, 4.69) is 10.6 Å². The summed E-state index contributed by atoms with van der Waals surface area (Å²) < 4.78 is 5.35. The van der Waals surface area contributed by atoms with Gasteiger partial charge in [0.25, 0.3) is 0 Å². The molecule has 0 bridgehead atoms. The predicted octanol–water partition coefficient (Wildman–Crippen LogP) is 1.24. The largest absolute Gasteiger partial charge is 0.370 e. The average Bonchev–Trinajstić information content (AvgIpc) is 2.49. The molecule has 1 aromatic rings. The molecule has 6 heteroatoms. The molecule has 0 amide bonds. The van der Waals surface area contributed by atoms with Crippen LogP contribution in [0.1, 0.15) is 12.0 Å². The van der Waals surface area contributed by atoms with Crippen LogP contribution in [0.15, 0.2) is 18.2 Å². The van der Waals surface area contributed by atoms with Gasteiger partial charge >= 0.3 is 0 Å². The van der Waals surface area contributed by atoms with E-state index < -0.39 is 0 Å². The lowest BCUT2D eigenvalue weighted by Crippen LogP contribution is -3.14. The van der Waals surface area contributed by atoms with Crippen molar-refractivity contribution >= 4 is 34.6 Å². The zero-order valence-corrected chi connectivity index (χ0v) is 13.9. The molecule has 0 aromatic heterocycles. The standard InChI is InChI=1S/C15H22ClN3OS/c1-12-13(16)4-2-5-14(12)18-15(21)17-6-3-7-19-8-10-20-11-9-19/h2,4-5H,3,6-11H2,1H3,(H2,17,18,21)/p+1. The number of morpholine rings is 1. The highest BCUT2D eigenvalue weighted by Crippen LogP contribution is 2.22. The summed E-state index contributed by atoms with van der Waals surface area (Å²) in [6.07, 6.45) is 1.10. The van der Waals surface area contributed by atoms with Gasteiger partial charge in [-0.3, -0.25) is 0 Å². The number of benzene rings is 1. The summed E-state index contributed by atoms with van der Waals surface area (Å²) in [4.78, 5) is 1.62. The first-order valence-electron chi connectivity index (χ1n) is 7.38. The number of hydrogen-bond donors (Lipinski definition) is 3. The van der Waals surface area contributed by atoms with E-state index in [4.69, 9.17) is 28.6 Å². The fraction of sp³-hybridized carbons (Fsp3) is 0.533. The van der Waals surface area contributed by atoms with Crippen LogP contribution in [-0.2, 0) is 4.74 Å². The number of rotatable bonds is 5. The van der Waals surface area contributed by atoms with E-state index in [1.54, 1.807) is 4.90 Å². The maximum atomic E-state index is 6.09. The second-order valence-electron chi connectivity index (χ2n) is 5.26. The van der Waals surface area contributed by atoms with Gasteiger partial charge in [-0.25, -0.2) is 0 Å². The zero-order chi connectivity index (χ0) is 15.1. The Labute approximate surface area is 136 Å². The van der Waals surface area contributed by atoms with Crippen molar-refractivity contribution in [2.45, 2.75) is 13.3 Å². The molecule has 4 nitrogen and oxygen atoms in total. The number of thiocarbonyl (C=S) groups is 1. The summed E-state index contributed by atoms with van der Waals surface area (Å²) in [6, 6.07) is 5.78. The molecular formula is C15H23ClN3OS+. The molecule has 1 aliphatic heterocycles. The molecule has 0 saturated carbocycles. The molecule has 21 heavy (non-hydrogen) atoms. The first-order chi connectivity index (χ1) is 10.2. The van der Waals surface area contributed by atoms with Crippen LogP contribution < -0.4 is 15.5 Å². The number of halogens is 1. The summed E-state index contributed by atoms with van der Waals surface area (Å²) in [7, 11) is 0. The molecule has 1 aromatic carbocycles. The summed E-state index contributed by atoms with van der Waals surface area (Å²) in [5.41, 5.74) is 1.97. The van der Waals surface area contributed by atoms with Gasteiger partial charge in [0.15, 0.2) is 5.11 Å². The Balaban J connectivity index is 1.66. The minimum atomic E-state index is 0.650. The Morgan fingerprint density at radius 3 is 2.90 bits per heavy atom. The molecule has 2 rings (SSSR count). The third-order valence-electron chi connectivity index (χ3n) is 3.71. The summed E-state index contributed by atoms with van der Waals surface area (Å²) in [6.45, 7) is 8.03. The van der Waals surface area contributed by atoms with Gasteiger partial charge in [-0.15, -0.1) is 0 Å². The van der Waals surface area contributed by atoms with Crippen LogP contribution in [0, 0.1) is 6.92 Å². The van der Waals surface area contributed by atoms with Crippen LogP contribution in [0.25, 0.3) is 0 Å². The molecule has 1 fully saturated rings. The minimum absolute atomic E-state index is 0.650. The maximum absolute atomic E-state index is 6.09. The molecule has 0 atom stereocenters. The summed E-state index contributed by atoms with van der Waals surface area (Å²) in [5, 5.41) is 7.85. The van der Waals surface area contributed by atoms with Gasteiger partial charge in [-0.1, -0.05) is 17.7 Å². The van der Waals surface area contributed by atoms with E-state index >= 15 is 0 Å². The number of ether oxygens (including phenoxy) is 1. The Hall–Kier alpha value is -0.880. The maximum Gasteiger partial charge on any atom is 0.170 e. The van der Waals surface area contributed by atoms with Gasteiger partial charge in [-0.2, -0.15) is 0 Å². The lowest BCUT2D eigenvalue weighted by atomic mass is 10.2. The number of hydrogen-bond acceptors (Lipinski definition) is 2. The third-order valence-corrected chi connectivity index (χ3v) is 4.36. The Bertz CT molecular complexity index is 478. The fourth-order valence-corrected chi connectivity index (χ4v) is 2.75. The lowest BCUT2D eigenvalue weighted by molar-refractivity contribution is -0.908. The van der Waals surface area contributed by atoms with Crippen molar-refractivity contribution in [2.24, 2.45) is 0 Å².